The Bertz CT molecular complexity index is 1160. The van der Waals surface area contributed by atoms with E-state index >= 15 is 0 Å². The zero-order chi connectivity index (χ0) is 25.2. The number of Topliss-reactive ketones (excluding diaryl/α,β-unsaturated/α-hetero) is 1. The third kappa shape index (κ3) is 3.76. The fourth-order valence-electron chi connectivity index (χ4n) is 6.64. The molecule has 190 valence electrons. The number of carbonyl (C=O) groups is 3. The van der Waals surface area contributed by atoms with Crippen molar-refractivity contribution in [3.8, 4) is 0 Å². The van der Waals surface area contributed by atoms with Crippen LogP contribution in [-0.4, -0.2) is 72.3 Å². The minimum atomic E-state index is -3.78. The number of hydrogen-bond acceptors (Lipinski definition) is 7. The maximum atomic E-state index is 13.5. The summed E-state index contributed by atoms with van der Waals surface area (Å²) in [6.45, 7) is 6.07. The van der Waals surface area contributed by atoms with Crippen LogP contribution in [0.25, 0.3) is 0 Å². The van der Waals surface area contributed by atoms with Gasteiger partial charge in [0.2, 0.25) is 10.0 Å². The molecule has 1 amide bonds. The Hall–Kier alpha value is -2.46. The number of ketones is 1. The highest BCUT2D eigenvalue weighted by molar-refractivity contribution is 7.89. The molecule has 4 atom stereocenters. The Morgan fingerprint density at radius 3 is 2.46 bits per heavy atom. The van der Waals surface area contributed by atoms with Crippen LogP contribution in [0.3, 0.4) is 0 Å². The molecule has 2 spiro atoms. The third-order valence-electron chi connectivity index (χ3n) is 8.04. The molecule has 1 aliphatic carbocycles. The maximum Gasteiger partial charge on any atom is 0.410 e. The van der Waals surface area contributed by atoms with E-state index in [9.17, 15) is 22.8 Å². The standard InChI is InChI=1S/C25H32N2O7S/c1-23(2,3)34-22(30)27-14-12-24-16-26(35(31,32)18-7-5-4-6-8-18)13-10-17(24)15-19(28)25(21(24)27)11-9-20(29)33-25/h4-8,17,21H,9-16H2,1-3H3/t17-,21+,24-,25-/m1/s1. The predicted molar refractivity (Wildman–Crippen MR) is 125 cm³/mol. The first-order chi connectivity index (χ1) is 16.4. The van der Waals surface area contributed by atoms with Gasteiger partial charge in [0.1, 0.15) is 5.60 Å². The molecule has 3 aliphatic heterocycles. The highest BCUT2D eigenvalue weighted by Gasteiger charge is 2.71. The van der Waals surface area contributed by atoms with Crippen LogP contribution in [0.1, 0.15) is 52.9 Å². The number of benzene rings is 1. The molecule has 1 aromatic carbocycles. The first kappa shape index (κ1) is 24.2. The number of esters is 1. The van der Waals surface area contributed by atoms with Gasteiger partial charge >= 0.3 is 12.1 Å². The summed E-state index contributed by atoms with van der Waals surface area (Å²) < 4.78 is 40.0. The number of piperidine rings is 1. The smallest absolute Gasteiger partial charge is 0.410 e. The average molecular weight is 505 g/mol. The minimum absolute atomic E-state index is 0.0944. The van der Waals surface area contributed by atoms with Crippen molar-refractivity contribution >= 4 is 27.9 Å². The van der Waals surface area contributed by atoms with Crippen LogP contribution in [0.2, 0.25) is 0 Å². The van der Waals surface area contributed by atoms with E-state index in [1.54, 1.807) is 51.1 Å². The second-order valence-electron chi connectivity index (χ2n) is 11.2. The van der Waals surface area contributed by atoms with E-state index in [1.807, 2.05) is 0 Å². The van der Waals surface area contributed by atoms with Crippen molar-refractivity contribution in [2.45, 2.75) is 75.0 Å². The lowest BCUT2D eigenvalue weighted by Gasteiger charge is -2.56. The van der Waals surface area contributed by atoms with Gasteiger partial charge in [-0.1, -0.05) is 18.2 Å². The molecule has 0 bridgehead atoms. The lowest BCUT2D eigenvalue weighted by Crippen LogP contribution is -2.70. The molecular formula is C25H32N2O7S. The number of ether oxygens (including phenoxy) is 2. The maximum absolute atomic E-state index is 13.5. The quantitative estimate of drug-likeness (QED) is 0.570. The normalized spacial score (nSPS) is 33.4. The van der Waals surface area contributed by atoms with E-state index in [4.69, 9.17) is 9.47 Å². The number of nitrogens with zero attached hydrogens (tertiary/aromatic N) is 2. The second-order valence-corrected chi connectivity index (χ2v) is 13.1. The lowest BCUT2D eigenvalue weighted by atomic mass is 9.55. The largest absolute Gasteiger partial charge is 0.449 e. The highest BCUT2D eigenvalue weighted by Crippen LogP contribution is 2.59. The van der Waals surface area contributed by atoms with Crippen LogP contribution in [0.5, 0.6) is 0 Å². The van der Waals surface area contributed by atoms with Gasteiger partial charge in [-0.15, -0.1) is 0 Å². The predicted octanol–water partition coefficient (Wildman–Crippen LogP) is 2.74. The van der Waals surface area contributed by atoms with Gasteiger partial charge in [0.15, 0.2) is 11.4 Å². The Morgan fingerprint density at radius 2 is 1.83 bits per heavy atom. The summed E-state index contributed by atoms with van der Waals surface area (Å²) in [5.41, 5.74) is -2.92. The van der Waals surface area contributed by atoms with Crippen molar-refractivity contribution in [2.75, 3.05) is 19.6 Å². The van der Waals surface area contributed by atoms with Gasteiger partial charge in [-0.05, 0) is 51.7 Å². The van der Waals surface area contributed by atoms with Crippen LogP contribution < -0.4 is 0 Å². The highest BCUT2D eigenvalue weighted by atomic mass is 32.2. The molecule has 0 N–H and O–H groups in total. The number of carbonyl (C=O) groups excluding carboxylic acids is 3. The van der Waals surface area contributed by atoms with Gasteiger partial charge in [0, 0.05) is 44.3 Å². The Balaban J connectivity index is 1.57. The van der Waals surface area contributed by atoms with Crippen molar-refractivity contribution in [3.63, 3.8) is 0 Å². The Kier molecular flexibility index (Phi) is 5.56. The SMILES string of the molecule is CC(C)(C)OC(=O)N1CC[C@@]23CN(S(=O)(=O)c4ccccc4)CC[C@@H]2CC(=O)[C@]2(CCC(=O)O2)[C@@H]13. The summed E-state index contributed by atoms with van der Waals surface area (Å²) >= 11 is 0. The van der Waals surface area contributed by atoms with E-state index in [0.29, 0.717) is 25.9 Å². The van der Waals surface area contributed by atoms with Gasteiger partial charge in [-0.3, -0.25) is 9.59 Å². The van der Waals surface area contributed by atoms with Crippen LogP contribution >= 0.6 is 0 Å². The number of hydrogen-bond donors (Lipinski definition) is 0. The van der Waals surface area contributed by atoms with Gasteiger partial charge in [-0.2, -0.15) is 4.31 Å². The van der Waals surface area contributed by atoms with Gasteiger partial charge in [0.25, 0.3) is 0 Å². The van der Waals surface area contributed by atoms with E-state index < -0.39 is 44.7 Å². The van der Waals surface area contributed by atoms with Crippen molar-refractivity contribution in [3.05, 3.63) is 30.3 Å². The fraction of sp³-hybridized carbons (Fsp3) is 0.640. The summed E-state index contributed by atoms with van der Waals surface area (Å²) in [4.78, 5) is 40.9. The first-order valence-corrected chi connectivity index (χ1v) is 13.6. The number of fused-ring (bicyclic) bond motifs is 1. The van der Waals surface area contributed by atoms with Gasteiger partial charge in [-0.25, -0.2) is 13.2 Å². The summed E-state index contributed by atoms with van der Waals surface area (Å²) in [5, 5.41) is 0. The Labute approximate surface area is 205 Å². The first-order valence-electron chi connectivity index (χ1n) is 12.2. The van der Waals surface area contributed by atoms with Crippen LogP contribution in [-0.2, 0) is 29.1 Å². The molecule has 10 heteroatoms. The molecule has 3 saturated heterocycles. The summed E-state index contributed by atoms with van der Waals surface area (Å²) in [7, 11) is -3.78. The minimum Gasteiger partial charge on any atom is -0.449 e. The lowest BCUT2D eigenvalue weighted by molar-refractivity contribution is -0.180. The molecule has 9 nitrogen and oxygen atoms in total. The molecule has 35 heavy (non-hydrogen) atoms. The fourth-order valence-corrected chi connectivity index (χ4v) is 8.19. The van der Waals surface area contributed by atoms with E-state index in [2.05, 4.69) is 0 Å². The molecule has 4 aliphatic rings. The number of likely N-dealkylation sites (tertiary alicyclic amines) is 1. The monoisotopic (exact) mass is 504 g/mol. The third-order valence-corrected chi connectivity index (χ3v) is 9.90. The average Bonchev–Trinajstić information content (AvgIpc) is 3.36. The van der Waals surface area contributed by atoms with E-state index in [1.165, 1.54) is 9.21 Å². The molecule has 3 heterocycles. The van der Waals surface area contributed by atoms with E-state index in [-0.39, 0.29) is 42.4 Å². The zero-order valence-corrected chi connectivity index (χ0v) is 21.2. The zero-order valence-electron chi connectivity index (χ0n) is 20.4. The molecule has 0 radical (unpaired) electrons. The molecule has 0 unspecified atom stereocenters. The second kappa shape index (κ2) is 8.03. The number of amides is 1. The van der Waals surface area contributed by atoms with E-state index in [0.717, 1.165) is 0 Å². The Morgan fingerprint density at radius 1 is 1.11 bits per heavy atom. The summed E-state index contributed by atoms with van der Waals surface area (Å²) in [5.74, 6) is -0.754. The molecule has 0 aromatic heterocycles. The molecule has 1 aromatic rings. The summed E-state index contributed by atoms with van der Waals surface area (Å²) in [6.07, 6.45) is 0.935. The number of rotatable bonds is 2. The van der Waals surface area contributed by atoms with Gasteiger partial charge in [0.05, 0.1) is 10.9 Å². The van der Waals surface area contributed by atoms with Gasteiger partial charge < -0.3 is 14.4 Å². The van der Waals surface area contributed by atoms with Crippen LogP contribution in [0.15, 0.2) is 35.2 Å². The van der Waals surface area contributed by atoms with Crippen molar-refractivity contribution in [1.29, 1.82) is 0 Å². The molecule has 4 fully saturated rings. The van der Waals surface area contributed by atoms with Crippen molar-refractivity contribution in [2.24, 2.45) is 11.3 Å². The molecular weight excluding hydrogens is 472 g/mol. The molecule has 5 rings (SSSR count). The summed E-state index contributed by atoms with van der Waals surface area (Å²) in [6, 6.07) is 7.52. The van der Waals surface area contributed by atoms with Crippen molar-refractivity contribution in [1.82, 2.24) is 9.21 Å². The molecule has 1 saturated carbocycles. The topological polar surface area (TPSA) is 110 Å². The van der Waals surface area contributed by atoms with Crippen LogP contribution in [0.4, 0.5) is 4.79 Å². The van der Waals surface area contributed by atoms with Crippen molar-refractivity contribution < 1.29 is 32.3 Å². The van der Waals surface area contributed by atoms with Crippen LogP contribution in [0, 0.1) is 11.3 Å². The number of sulfonamides is 1.